The van der Waals surface area contributed by atoms with E-state index in [0.717, 1.165) is 10.6 Å². The standard InChI is InChI=1S/C13H18N2O2S2/c1-15(13(17)9-18-2)8-12(16)14-10-6-4-5-7-11(10)19-3/h4-7H,8-9H2,1-3H3,(H,14,16). The van der Waals surface area contributed by atoms with Crippen molar-refractivity contribution in [2.75, 3.05) is 37.2 Å². The number of anilines is 1. The number of thioether (sulfide) groups is 2. The van der Waals surface area contributed by atoms with E-state index in [0.29, 0.717) is 5.75 Å². The second kappa shape index (κ2) is 8.12. The summed E-state index contributed by atoms with van der Waals surface area (Å²) in [5.74, 6) is 0.171. The van der Waals surface area contributed by atoms with Gasteiger partial charge in [-0.25, -0.2) is 0 Å². The van der Waals surface area contributed by atoms with E-state index >= 15 is 0 Å². The van der Waals surface area contributed by atoms with Crippen LogP contribution >= 0.6 is 23.5 Å². The lowest BCUT2D eigenvalue weighted by Crippen LogP contribution is -2.35. The van der Waals surface area contributed by atoms with Gasteiger partial charge in [0.25, 0.3) is 0 Å². The quantitative estimate of drug-likeness (QED) is 0.818. The first-order chi connectivity index (χ1) is 9.08. The zero-order chi connectivity index (χ0) is 14.3. The molecule has 0 aliphatic heterocycles. The van der Waals surface area contributed by atoms with E-state index in [1.165, 1.54) is 16.7 Å². The van der Waals surface area contributed by atoms with Crippen LogP contribution in [0.4, 0.5) is 5.69 Å². The largest absolute Gasteiger partial charge is 0.336 e. The van der Waals surface area contributed by atoms with E-state index in [1.807, 2.05) is 36.8 Å². The Hall–Kier alpha value is -1.14. The Morgan fingerprint density at radius 1 is 1.26 bits per heavy atom. The lowest BCUT2D eigenvalue weighted by Gasteiger charge is -2.17. The molecule has 1 aromatic rings. The van der Waals surface area contributed by atoms with Crippen molar-refractivity contribution >= 4 is 41.0 Å². The Bertz CT molecular complexity index is 452. The fourth-order valence-electron chi connectivity index (χ4n) is 1.47. The molecule has 0 heterocycles. The molecule has 1 aromatic carbocycles. The van der Waals surface area contributed by atoms with Crippen molar-refractivity contribution in [3.63, 3.8) is 0 Å². The smallest absolute Gasteiger partial charge is 0.244 e. The van der Waals surface area contributed by atoms with Crippen LogP contribution in [-0.2, 0) is 9.59 Å². The number of carbonyl (C=O) groups is 2. The molecule has 6 heteroatoms. The first-order valence-corrected chi connectivity index (χ1v) is 8.36. The van der Waals surface area contributed by atoms with Crippen molar-refractivity contribution in [3.05, 3.63) is 24.3 Å². The molecule has 0 aromatic heterocycles. The molecule has 0 aliphatic rings. The Balaban J connectivity index is 2.58. The molecule has 0 saturated carbocycles. The molecule has 0 radical (unpaired) electrons. The van der Waals surface area contributed by atoms with E-state index in [-0.39, 0.29) is 18.4 Å². The molecule has 1 N–H and O–H groups in total. The summed E-state index contributed by atoms with van der Waals surface area (Å²) in [7, 11) is 1.64. The van der Waals surface area contributed by atoms with Crippen LogP contribution in [-0.4, -0.2) is 48.6 Å². The molecular formula is C13H18N2O2S2. The molecule has 1 rings (SSSR count). The fourth-order valence-corrected chi connectivity index (χ4v) is 2.50. The molecule has 0 atom stereocenters. The fraction of sp³-hybridized carbons (Fsp3) is 0.385. The molecule has 0 fully saturated rings. The monoisotopic (exact) mass is 298 g/mol. The summed E-state index contributed by atoms with van der Waals surface area (Å²) in [6, 6.07) is 7.60. The van der Waals surface area contributed by atoms with Crippen LogP contribution in [0.3, 0.4) is 0 Å². The van der Waals surface area contributed by atoms with Crippen molar-refractivity contribution in [2.45, 2.75) is 4.90 Å². The van der Waals surface area contributed by atoms with Crippen LogP contribution < -0.4 is 5.32 Å². The molecule has 0 saturated heterocycles. The summed E-state index contributed by atoms with van der Waals surface area (Å²) < 4.78 is 0. The van der Waals surface area contributed by atoms with Crippen molar-refractivity contribution in [3.8, 4) is 0 Å². The average Bonchev–Trinajstić information content (AvgIpc) is 2.39. The number of amides is 2. The van der Waals surface area contributed by atoms with Crippen LogP contribution in [0.5, 0.6) is 0 Å². The van der Waals surface area contributed by atoms with Gasteiger partial charge < -0.3 is 10.2 Å². The van der Waals surface area contributed by atoms with E-state index in [4.69, 9.17) is 0 Å². The Morgan fingerprint density at radius 3 is 2.58 bits per heavy atom. The second-order valence-corrected chi connectivity index (χ2v) is 5.65. The number of rotatable bonds is 6. The molecule has 0 unspecified atom stereocenters. The van der Waals surface area contributed by atoms with E-state index in [2.05, 4.69) is 5.32 Å². The molecule has 104 valence electrons. The van der Waals surface area contributed by atoms with Gasteiger partial charge in [-0.15, -0.1) is 11.8 Å². The van der Waals surface area contributed by atoms with Crippen LogP contribution in [0.15, 0.2) is 29.2 Å². The van der Waals surface area contributed by atoms with Gasteiger partial charge >= 0.3 is 0 Å². The summed E-state index contributed by atoms with van der Waals surface area (Å²) in [6.07, 6.45) is 3.82. The van der Waals surface area contributed by atoms with Crippen molar-refractivity contribution in [1.29, 1.82) is 0 Å². The van der Waals surface area contributed by atoms with Crippen LogP contribution in [0.1, 0.15) is 0 Å². The van der Waals surface area contributed by atoms with Gasteiger partial charge in [0.15, 0.2) is 0 Å². The van der Waals surface area contributed by atoms with Crippen LogP contribution in [0.25, 0.3) is 0 Å². The average molecular weight is 298 g/mol. The normalized spacial score (nSPS) is 10.1. The summed E-state index contributed by atoms with van der Waals surface area (Å²) >= 11 is 3.02. The van der Waals surface area contributed by atoms with Crippen LogP contribution in [0, 0.1) is 0 Å². The lowest BCUT2D eigenvalue weighted by atomic mass is 10.3. The van der Waals surface area contributed by atoms with Gasteiger partial charge in [-0.1, -0.05) is 12.1 Å². The van der Waals surface area contributed by atoms with Gasteiger partial charge in [0, 0.05) is 11.9 Å². The highest BCUT2D eigenvalue weighted by Gasteiger charge is 2.13. The Morgan fingerprint density at radius 2 is 1.95 bits per heavy atom. The summed E-state index contributed by atoms with van der Waals surface area (Å²) in [6.45, 7) is 0.0715. The Kier molecular flexibility index (Phi) is 6.80. The SMILES string of the molecule is CSCC(=O)N(C)CC(=O)Nc1ccccc1SC. The molecule has 0 bridgehead atoms. The van der Waals surface area contributed by atoms with Gasteiger partial charge in [0.05, 0.1) is 18.0 Å². The minimum atomic E-state index is -0.182. The maximum atomic E-state index is 11.9. The summed E-state index contributed by atoms with van der Waals surface area (Å²) in [5, 5.41) is 2.83. The van der Waals surface area contributed by atoms with Gasteiger partial charge in [0.1, 0.15) is 0 Å². The zero-order valence-corrected chi connectivity index (χ0v) is 12.9. The molecular weight excluding hydrogens is 280 g/mol. The predicted molar refractivity (Wildman–Crippen MR) is 82.9 cm³/mol. The van der Waals surface area contributed by atoms with Gasteiger partial charge in [0.2, 0.25) is 11.8 Å². The number of benzene rings is 1. The minimum Gasteiger partial charge on any atom is -0.336 e. The number of likely N-dealkylation sites (N-methyl/N-ethyl adjacent to an activating group) is 1. The van der Waals surface area contributed by atoms with E-state index < -0.39 is 0 Å². The maximum Gasteiger partial charge on any atom is 0.244 e. The lowest BCUT2D eigenvalue weighted by molar-refractivity contribution is -0.131. The topological polar surface area (TPSA) is 49.4 Å². The number of nitrogens with zero attached hydrogens (tertiary/aromatic N) is 1. The third-order valence-corrected chi connectivity index (χ3v) is 3.79. The number of hydrogen-bond acceptors (Lipinski definition) is 4. The molecule has 0 aliphatic carbocycles. The van der Waals surface area contributed by atoms with Gasteiger partial charge in [-0.05, 0) is 24.6 Å². The molecule has 19 heavy (non-hydrogen) atoms. The number of carbonyl (C=O) groups excluding carboxylic acids is 2. The molecule has 0 spiro atoms. The third kappa shape index (κ3) is 5.16. The highest BCUT2D eigenvalue weighted by Crippen LogP contribution is 2.24. The van der Waals surface area contributed by atoms with Crippen molar-refractivity contribution in [1.82, 2.24) is 4.90 Å². The number of nitrogens with one attached hydrogen (secondary N) is 1. The second-order valence-electron chi connectivity index (χ2n) is 3.93. The maximum absolute atomic E-state index is 11.9. The first-order valence-electron chi connectivity index (χ1n) is 5.74. The molecule has 4 nitrogen and oxygen atoms in total. The van der Waals surface area contributed by atoms with E-state index in [1.54, 1.807) is 18.8 Å². The van der Waals surface area contributed by atoms with Crippen molar-refractivity contribution < 1.29 is 9.59 Å². The Labute approximate surface area is 122 Å². The highest BCUT2D eigenvalue weighted by molar-refractivity contribution is 7.99. The molecule has 2 amide bonds. The van der Waals surface area contributed by atoms with Crippen molar-refractivity contribution in [2.24, 2.45) is 0 Å². The van der Waals surface area contributed by atoms with Gasteiger partial charge in [-0.3, -0.25) is 9.59 Å². The minimum absolute atomic E-state index is 0.0409. The highest BCUT2D eigenvalue weighted by atomic mass is 32.2. The summed E-state index contributed by atoms with van der Waals surface area (Å²) in [4.78, 5) is 25.9. The first kappa shape index (κ1) is 15.9. The summed E-state index contributed by atoms with van der Waals surface area (Å²) in [5.41, 5.74) is 0.783. The van der Waals surface area contributed by atoms with Gasteiger partial charge in [-0.2, -0.15) is 11.8 Å². The third-order valence-electron chi connectivity index (χ3n) is 2.46. The number of hydrogen-bond donors (Lipinski definition) is 1. The predicted octanol–water partition coefficient (Wildman–Crippen LogP) is 2.17. The zero-order valence-electron chi connectivity index (χ0n) is 11.3. The van der Waals surface area contributed by atoms with E-state index in [9.17, 15) is 9.59 Å². The van der Waals surface area contributed by atoms with Crippen LogP contribution in [0.2, 0.25) is 0 Å². The number of para-hydroxylation sites is 1.